The van der Waals surface area contributed by atoms with Crippen LogP contribution in [0.1, 0.15) is 16.8 Å². The van der Waals surface area contributed by atoms with Gasteiger partial charge in [-0.2, -0.15) is 0 Å². The van der Waals surface area contributed by atoms with Crippen LogP contribution in [0, 0.1) is 13.8 Å². The summed E-state index contributed by atoms with van der Waals surface area (Å²) in [5.74, 6) is 0.964. The standard InChI is InChI=1S/C15H22N2O/c1-10-8-13-12(6-7-16-3)11(2)17(4)15(13)14(9-10)18-5/h8-9,16H,6-7H2,1-5H3. The van der Waals surface area contributed by atoms with Crippen molar-refractivity contribution in [2.45, 2.75) is 20.3 Å². The zero-order valence-corrected chi connectivity index (χ0v) is 11.9. The van der Waals surface area contributed by atoms with Crippen molar-refractivity contribution in [2.24, 2.45) is 7.05 Å². The minimum Gasteiger partial charge on any atom is -0.495 e. The van der Waals surface area contributed by atoms with E-state index in [1.165, 1.54) is 27.7 Å². The van der Waals surface area contributed by atoms with E-state index in [2.05, 4.69) is 42.9 Å². The van der Waals surface area contributed by atoms with Gasteiger partial charge in [0.15, 0.2) is 0 Å². The van der Waals surface area contributed by atoms with Crippen LogP contribution in [-0.2, 0) is 13.5 Å². The first-order chi connectivity index (χ1) is 8.60. The van der Waals surface area contributed by atoms with Crippen molar-refractivity contribution >= 4 is 10.9 Å². The topological polar surface area (TPSA) is 26.2 Å². The summed E-state index contributed by atoms with van der Waals surface area (Å²) >= 11 is 0. The molecule has 0 saturated heterocycles. The molecule has 0 bridgehead atoms. The second-order valence-electron chi connectivity index (χ2n) is 4.84. The van der Waals surface area contributed by atoms with E-state index >= 15 is 0 Å². The van der Waals surface area contributed by atoms with E-state index in [0.29, 0.717) is 0 Å². The third kappa shape index (κ3) is 1.99. The molecule has 18 heavy (non-hydrogen) atoms. The SMILES string of the molecule is CNCCc1c(C)n(C)c2c(OC)cc(C)cc12. The molecule has 1 aromatic carbocycles. The van der Waals surface area contributed by atoms with Crippen LogP contribution in [0.5, 0.6) is 5.75 Å². The average Bonchev–Trinajstić information content (AvgIpc) is 2.59. The molecule has 3 heteroatoms. The second kappa shape index (κ2) is 5.02. The van der Waals surface area contributed by atoms with Gasteiger partial charge in [-0.1, -0.05) is 0 Å². The zero-order chi connectivity index (χ0) is 13.3. The highest BCUT2D eigenvalue weighted by Gasteiger charge is 2.15. The molecule has 98 valence electrons. The van der Waals surface area contributed by atoms with Crippen molar-refractivity contribution < 1.29 is 4.74 Å². The van der Waals surface area contributed by atoms with Gasteiger partial charge in [0, 0.05) is 18.1 Å². The largest absolute Gasteiger partial charge is 0.495 e. The molecule has 2 aromatic rings. The van der Waals surface area contributed by atoms with Crippen LogP contribution in [0.4, 0.5) is 0 Å². The highest BCUT2D eigenvalue weighted by molar-refractivity contribution is 5.91. The molecule has 0 atom stereocenters. The van der Waals surface area contributed by atoms with E-state index < -0.39 is 0 Å². The van der Waals surface area contributed by atoms with Gasteiger partial charge < -0.3 is 14.6 Å². The lowest BCUT2D eigenvalue weighted by Crippen LogP contribution is -2.10. The van der Waals surface area contributed by atoms with Crippen LogP contribution in [0.3, 0.4) is 0 Å². The summed E-state index contributed by atoms with van der Waals surface area (Å²) in [5.41, 5.74) is 5.19. The Hall–Kier alpha value is -1.48. The quantitative estimate of drug-likeness (QED) is 0.897. The molecule has 1 N–H and O–H groups in total. The number of hydrogen-bond donors (Lipinski definition) is 1. The first-order valence-corrected chi connectivity index (χ1v) is 6.37. The summed E-state index contributed by atoms with van der Waals surface area (Å²) in [6.45, 7) is 5.29. The summed E-state index contributed by atoms with van der Waals surface area (Å²) in [5, 5.41) is 4.54. The fraction of sp³-hybridized carbons (Fsp3) is 0.467. The third-order valence-corrected chi connectivity index (χ3v) is 3.66. The molecular formula is C15H22N2O. The lowest BCUT2D eigenvalue weighted by atomic mass is 10.1. The Bertz CT molecular complexity index is 570. The van der Waals surface area contributed by atoms with Crippen molar-refractivity contribution in [1.29, 1.82) is 0 Å². The van der Waals surface area contributed by atoms with E-state index in [1.54, 1.807) is 7.11 Å². The number of aryl methyl sites for hydroxylation is 2. The number of likely N-dealkylation sites (N-methyl/N-ethyl adjacent to an activating group) is 1. The molecule has 0 aliphatic rings. The monoisotopic (exact) mass is 246 g/mol. The average molecular weight is 246 g/mol. The van der Waals surface area contributed by atoms with E-state index in [1.807, 2.05) is 7.05 Å². The van der Waals surface area contributed by atoms with Gasteiger partial charge in [0.1, 0.15) is 5.75 Å². The van der Waals surface area contributed by atoms with Gasteiger partial charge in [-0.3, -0.25) is 0 Å². The molecule has 0 saturated carbocycles. The number of ether oxygens (including phenoxy) is 1. The van der Waals surface area contributed by atoms with Crippen LogP contribution in [0.15, 0.2) is 12.1 Å². The molecule has 0 amide bonds. The smallest absolute Gasteiger partial charge is 0.143 e. The summed E-state index contributed by atoms with van der Waals surface area (Å²) in [4.78, 5) is 0. The van der Waals surface area contributed by atoms with Gasteiger partial charge in [-0.15, -0.1) is 0 Å². The van der Waals surface area contributed by atoms with Crippen LogP contribution in [0.2, 0.25) is 0 Å². The molecule has 0 radical (unpaired) electrons. The van der Waals surface area contributed by atoms with Crippen LogP contribution >= 0.6 is 0 Å². The maximum atomic E-state index is 5.53. The number of fused-ring (bicyclic) bond motifs is 1. The zero-order valence-electron chi connectivity index (χ0n) is 11.9. The van der Waals surface area contributed by atoms with Crippen molar-refractivity contribution in [2.75, 3.05) is 20.7 Å². The van der Waals surface area contributed by atoms with Gasteiger partial charge in [0.25, 0.3) is 0 Å². The number of hydrogen-bond acceptors (Lipinski definition) is 2. The summed E-state index contributed by atoms with van der Waals surface area (Å²) in [7, 11) is 5.84. The Morgan fingerprint density at radius 1 is 1.28 bits per heavy atom. The van der Waals surface area contributed by atoms with Crippen molar-refractivity contribution in [3.8, 4) is 5.75 Å². The van der Waals surface area contributed by atoms with Gasteiger partial charge in [-0.25, -0.2) is 0 Å². The Kier molecular flexibility index (Phi) is 3.62. The predicted molar refractivity (Wildman–Crippen MR) is 76.6 cm³/mol. The third-order valence-electron chi connectivity index (χ3n) is 3.66. The number of nitrogens with zero attached hydrogens (tertiary/aromatic N) is 1. The van der Waals surface area contributed by atoms with Crippen molar-refractivity contribution in [1.82, 2.24) is 9.88 Å². The molecule has 0 spiro atoms. The number of benzene rings is 1. The number of rotatable bonds is 4. The fourth-order valence-corrected chi connectivity index (χ4v) is 2.61. The first kappa shape index (κ1) is 13.0. The molecule has 0 aliphatic carbocycles. The van der Waals surface area contributed by atoms with Gasteiger partial charge in [0.05, 0.1) is 12.6 Å². The maximum Gasteiger partial charge on any atom is 0.143 e. The lowest BCUT2D eigenvalue weighted by molar-refractivity contribution is 0.417. The summed E-state index contributed by atoms with van der Waals surface area (Å²) in [6.07, 6.45) is 1.05. The Morgan fingerprint density at radius 2 is 2.00 bits per heavy atom. The van der Waals surface area contributed by atoms with Gasteiger partial charge in [-0.05, 0) is 57.1 Å². The Balaban J connectivity index is 2.71. The molecule has 1 heterocycles. The van der Waals surface area contributed by atoms with E-state index in [0.717, 1.165) is 18.7 Å². The summed E-state index contributed by atoms with van der Waals surface area (Å²) < 4.78 is 7.76. The van der Waals surface area contributed by atoms with E-state index in [-0.39, 0.29) is 0 Å². The first-order valence-electron chi connectivity index (χ1n) is 6.37. The van der Waals surface area contributed by atoms with Crippen LogP contribution in [0.25, 0.3) is 10.9 Å². The molecule has 0 fully saturated rings. The van der Waals surface area contributed by atoms with Crippen LogP contribution in [-0.4, -0.2) is 25.3 Å². The second-order valence-corrected chi connectivity index (χ2v) is 4.84. The number of nitrogens with one attached hydrogen (secondary N) is 1. The number of aromatic nitrogens is 1. The van der Waals surface area contributed by atoms with Gasteiger partial charge in [0.2, 0.25) is 0 Å². The fourth-order valence-electron chi connectivity index (χ4n) is 2.61. The van der Waals surface area contributed by atoms with Crippen LogP contribution < -0.4 is 10.1 Å². The van der Waals surface area contributed by atoms with Gasteiger partial charge >= 0.3 is 0 Å². The minimum absolute atomic E-state index is 0.964. The van der Waals surface area contributed by atoms with E-state index in [9.17, 15) is 0 Å². The predicted octanol–water partition coefficient (Wildman–Crippen LogP) is 2.57. The lowest BCUT2D eigenvalue weighted by Gasteiger charge is -2.06. The van der Waals surface area contributed by atoms with E-state index in [4.69, 9.17) is 4.74 Å². The molecule has 0 unspecified atom stereocenters. The van der Waals surface area contributed by atoms with Crippen molar-refractivity contribution in [3.05, 3.63) is 29.0 Å². The normalized spacial score (nSPS) is 11.2. The molecule has 1 aromatic heterocycles. The minimum atomic E-state index is 0.964. The molecule has 2 rings (SSSR count). The Labute approximate surface area is 109 Å². The maximum absolute atomic E-state index is 5.53. The Morgan fingerprint density at radius 3 is 2.61 bits per heavy atom. The molecular weight excluding hydrogens is 224 g/mol. The highest BCUT2D eigenvalue weighted by Crippen LogP contribution is 2.33. The molecule has 0 aliphatic heterocycles. The highest BCUT2D eigenvalue weighted by atomic mass is 16.5. The molecule has 3 nitrogen and oxygen atoms in total. The number of methoxy groups -OCH3 is 1. The summed E-state index contributed by atoms with van der Waals surface area (Å²) in [6, 6.07) is 4.36. The van der Waals surface area contributed by atoms with Crippen molar-refractivity contribution in [3.63, 3.8) is 0 Å².